The molecule has 0 saturated heterocycles. The van der Waals surface area contributed by atoms with Gasteiger partial charge >= 0.3 is 26.2 Å². The van der Waals surface area contributed by atoms with E-state index in [4.69, 9.17) is 0 Å². The number of hydrogen-bond donors (Lipinski definition) is 0. The van der Waals surface area contributed by atoms with Crippen molar-refractivity contribution in [2.45, 2.75) is 37.5 Å². The van der Waals surface area contributed by atoms with Gasteiger partial charge in [0.25, 0.3) is 0 Å². The average molecular weight is 402 g/mol. The molecular formula is C24H22Zr. The molecule has 1 heteroatoms. The third-order valence-corrected chi connectivity index (χ3v) is 5.96. The maximum absolute atomic E-state index is 2.44. The van der Waals surface area contributed by atoms with Crippen molar-refractivity contribution >= 4 is 21.5 Å². The molecule has 0 heterocycles. The van der Waals surface area contributed by atoms with Crippen LogP contribution in [0.25, 0.3) is 21.5 Å². The molecule has 25 heavy (non-hydrogen) atoms. The zero-order valence-corrected chi connectivity index (χ0v) is 16.9. The molecule has 0 aromatic heterocycles. The van der Waals surface area contributed by atoms with E-state index < -0.39 is 0 Å². The Kier molecular flexibility index (Phi) is 4.78. The van der Waals surface area contributed by atoms with Crippen molar-refractivity contribution in [3.05, 3.63) is 83.9 Å². The van der Waals surface area contributed by atoms with Crippen LogP contribution >= 0.6 is 0 Å². The minimum Gasteiger partial charge on any atom is -0.168 e. The van der Waals surface area contributed by atoms with Crippen LogP contribution in [0.4, 0.5) is 0 Å². The molecule has 6 rings (SSSR count). The Morgan fingerprint density at radius 2 is 1.60 bits per heavy atom. The second kappa shape index (κ2) is 7.04. The quantitative estimate of drug-likeness (QED) is 0.282. The molecule has 1 fully saturated rings. The van der Waals surface area contributed by atoms with E-state index in [0.717, 1.165) is 11.8 Å². The van der Waals surface area contributed by atoms with Gasteiger partial charge in [0.05, 0.1) is 0 Å². The molecule has 1 saturated carbocycles. The standard InChI is InChI=1S/C15H15.C9H7.Zr/c1-2-6-11-10(5-1)9-14-12-7-3-4-8-13(12)15(11)14;1-2-5-9-7-3-6-8(9)4-1;/h1-2,5-6,9,12-13H,3-4,7-8H2;1-7H;/q2*-1;+2. The summed E-state index contributed by atoms with van der Waals surface area (Å²) in [7, 11) is 0. The maximum atomic E-state index is 2.44. The number of hydrogen-bond acceptors (Lipinski definition) is 0. The van der Waals surface area contributed by atoms with E-state index >= 15 is 0 Å². The third kappa shape index (κ3) is 2.87. The van der Waals surface area contributed by atoms with Gasteiger partial charge in [0.15, 0.2) is 0 Å². The molecule has 2 aliphatic rings. The van der Waals surface area contributed by atoms with Crippen molar-refractivity contribution in [3.63, 3.8) is 0 Å². The number of rotatable bonds is 0. The molecule has 4 aromatic rings. The SMILES string of the molecule is [Zr+2].c1ccc2[cH-]ccc2c1.c1ccc2c(c1)cc1[c-]2C2CCCCC12. The maximum Gasteiger partial charge on any atom is 2.00 e. The third-order valence-electron chi connectivity index (χ3n) is 5.96. The molecule has 4 aromatic carbocycles. The van der Waals surface area contributed by atoms with Crippen LogP contribution in [0.3, 0.4) is 0 Å². The van der Waals surface area contributed by atoms with Gasteiger partial charge < -0.3 is 0 Å². The summed E-state index contributed by atoms with van der Waals surface area (Å²) in [5.74, 6) is 1.83. The molecule has 122 valence electrons. The summed E-state index contributed by atoms with van der Waals surface area (Å²) in [4.78, 5) is 0. The minimum atomic E-state index is 0. The second-order valence-corrected chi connectivity index (χ2v) is 7.25. The summed E-state index contributed by atoms with van der Waals surface area (Å²) in [6.45, 7) is 0. The summed E-state index contributed by atoms with van der Waals surface area (Å²) in [5, 5.41) is 5.67. The first-order valence-corrected chi connectivity index (χ1v) is 9.20. The van der Waals surface area contributed by atoms with Crippen molar-refractivity contribution in [3.8, 4) is 0 Å². The van der Waals surface area contributed by atoms with E-state index in [-0.39, 0.29) is 26.2 Å². The second-order valence-electron chi connectivity index (χ2n) is 7.25. The fraction of sp³-hybridized carbons (Fsp3) is 0.250. The molecule has 2 aliphatic carbocycles. The predicted molar refractivity (Wildman–Crippen MR) is 103 cm³/mol. The Labute approximate surface area is 168 Å². The van der Waals surface area contributed by atoms with E-state index in [1.807, 2.05) is 0 Å². The van der Waals surface area contributed by atoms with E-state index in [0.29, 0.717) is 0 Å². The fourth-order valence-corrected chi connectivity index (χ4v) is 4.81. The topological polar surface area (TPSA) is 0 Å². The van der Waals surface area contributed by atoms with Crippen molar-refractivity contribution < 1.29 is 26.2 Å². The normalized spacial score (nSPS) is 20.6. The van der Waals surface area contributed by atoms with Gasteiger partial charge in [-0.2, -0.15) is 23.6 Å². The summed E-state index contributed by atoms with van der Waals surface area (Å²) >= 11 is 0. The summed E-state index contributed by atoms with van der Waals surface area (Å²) < 4.78 is 0. The van der Waals surface area contributed by atoms with Crippen LogP contribution in [-0.2, 0) is 26.2 Å². The van der Waals surface area contributed by atoms with Gasteiger partial charge in [-0.25, -0.2) is 0 Å². The van der Waals surface area contributed by atoms with Crippen LogP contribution in [0.5, 0.6) is 0 Å². The van der Waals surface area contributed by atoms with Crippen molar-refractivity contribution in [2.75, 3.05) is 0 Å². The van der Waals surface area contributed by atoms with Gasteiger partial charge in [0.2, 0.25) is 0 Å². The van der Waals surface area contributed by atoms with Crippen LogP contribution < -0.4 is 0 Å². The summed E-state index contributed by atoms with van der Waals surface area (Å²) in [6, 6.07) is 26.0. The van der Waals surface area contributed by atoms with E-state index in [2.05, 4.69) is 72.8 Å². The smallest absolute Gasteiger partial charge is 0.168 e. The Morgan fingerprint density at radius 3 is 2.48 bits per heavy atom. The Hall–Kier alpha value is -1.46. The first kappa shape index (κ1) is 17.0. The molecule has 0 radical (unpaired) electrons. The molecule has 0 aliphatic heterocycles. The molecule has 0 spiro atoms. The molecular weight excluding hydrogens is 379 g/mol. The molecule has 0 nitrogen and oxygen atoms in total. The van der Waals surface area contributed by atoms with Crippen molar-refractivity contribution in [1.82, 2.24) is 0 Å². The van der Waals surface area contributed by atoms with Crippen molar-refractivity contribution in [2.24, 2.45) is 0 Å². The first-order valence-electron chi connectivity index (χ1n) is 9.20. The van der Waals surface area contributed by atoms with Gasteiger partial charge in [-0.3, -0.25) is 0 Å². The Balaban J connectivity index is 0.000000136. The molecule has 0 bridgehead atoms. The van der Waals surface area contributed by atoms with Crippen molar-refractivity contribution in [1.29, 1.82) is 0 Å². The van der Waals surface area contributed by atoms with Crippen LogP contribution in [0.15, 0.2) is 72.8 Å². The van der Waals surface area contributed by atoms with E-state index in [1.165, 1.54) is 47.2 Å². The molecule has 0 N–H and O–H groups in total. The zero-order valence-electron chi connectivity index (χ0n) is 14.4. The zero-order chi connectivity index (χ0) is 15.9. The van der Waals surface area contributed by atoms with Gasteiger partial charge in [0, 0.05) is 0 Å². The average Bonchev–Trinajstić information content (AvgIpc) is 3.23. The van der Waals surface area contributed by atoms with Gasteiger partial charge in [-0.15, -0.1) is 69.8 Å². The van der Waals surface area contributed by atoms with E-state index in [1.54, 1.807) is 11.1 Å². The van der Waals surface area contributed by atoms with Crippen LogP contribution in [0.1, 0.15) is 48.6 Å². The number of fused-ring (bicyclic) bond motifs is 7. The monoisotopic (exact) mass is 400 g/mol. The number of benzene rings is 2. The minimum absolute atomic E-state index is 0. The largest absolute Gasteiger partial charge is 2.00 e. The van der Waals surface area contributed by atoms with Gasteiger partial charge in [-0.1, -0.05) is 31.4 Å². The van der Waals surface area contributed by atoms with Gasteiger partial charge in [-0.05, 0) is 18.3 Å². The predicted octanol–water partition coefficient (Wildman–Crippen LogP) is 6.87. The fourth-order valence-electron chi connectivity index (χ4n) is 4.81. The summed E-state index contributed by atoms with van der Waals surface area (Å²) in [5.41, 5.74) is 3.39. The molecule has 2 unspecified atom stereocenters. The Morgan fingerprint density at radius 1 is 0.840 bits per heavy atom. The van der Waals surface area contributed by atoms with Gasteiger partial charge in [0.1, 0.15) is 0 Å². The summed E-state index contributed by atoms with van der Waals surface area (Å²) in [6.07, 6.45) is 5.77. The molecule has 0 amide bonds. The Bertz CT molecular complexity index is 957. The first-order chi connectivity index (χ1) is 11.9. The van der Waals surface area contributed by atoms with Crippen LogP contribution in [0, 0.1) is 0 Å². The van der Waals surface area contributed by atoms with Crippen LogP contribution in [0.2, 0.25) is 0 Å². The van der Waals surface area contributed by atoms with E-state index in [9.17, 15) is 0 Å². The molecule has 2 atom stereocenters. The van der Waals surface area contributed by atoms with Crippen LogP contribution in [-0.4, -0.2) is 0 Å².